The summed E-state index contributed by atoms with van der Waals surface area (Å²) >= 11 is 0. The van der Waals surface area contributed by atoms with Crippen LogP contribution in [0.4, 0.5) is 0 Å². The van der Waals surface area contributed by atoms with E-state index >= 15 is 0 Å². The average Bonchev–Trinajstić information content (AvgIpc) is 3.15. The van der Waals surface area contributed by atoms with Crippen molar-refractivity contribution in [3.8, 4) is 23.1 Å². The summed E-state index contributed by atoms with van der Waals surface area (Å²) in [6.07, 6.45) is 1.69. The number of aromatic nitrogens is 3. The van der Waals surface area contributed by atoms with Crippen LogP contribution in [0.2, 0.25) is 0 Å². The smallest absolute Gasteiger partial charge is 0.243 e. The summed E-state index contributed by atoms with van der Waals surface area (Å²) < 4.78 is 6.69. The molecule has 1 aromatic heterocycles. The van der Waals surface area contributed by atoms with Crippen molar-refractivity contribution >= 4 is 5.91 Å². The Balaban J connectivity index is 1.69. The number of nitrogens with zero attached hydrogens (tertiary/aromatic N) is 4. The zero-order chi connectivity index (χ0) is 18.4. The van der Waals surface area contributed by atoms with Crippen LogP contribution in [0.5, 0.6) is 5.75 Å². The second kappa shape index (κ2) is 7.94. The van der Waals surface area contributed by atoms with E-state index in [1.165, 1.54) is 11.8 Å². The number of hydrogen-bond acceptors (Lipinski definition) is 5. The second-order valence-electron chi connectivity index (χ2n) is 5.54. The van der Waals surface area contributed by atoms with Gasteiger partial charge in [0.25, 0.3) is 0 Å². The summed E-state index contributed by atoms with van der Waals surface area (Å²) in [5.74, 6) is 0.207. The lowest BCUT2D eigenvalue weighted by molar-refractivity contribution is -0.122. The van der Waals surface area contributed by atoms with E-state index in [9.17, 15) is 10.1 Å². The van der Waals surface area contributed by atoms with E-state index in [1.54, 1.807) is 30.5 Å². The van der Waals surface area contributed by atoms with Crippen molar-refractivity contribution < 1.29 is 9.53 Å². The van der Waals surface area contributed by atoms with Crippen LogP contribution in [0.1, 0.15) is 11.6 Å². The van der Waals surface area contributed by atoms with Gasteiger partial charge in [0, 0.05) is 11.1 Å². The fraction of sp³-hybridized carbons (Fsp3) is 0.158. The lowest BCUT2D eigenvalue weighted by Gasteiger charge is -2.15. The van der Waals surface area contributed by atoms with E-state index in [4.69, 9.17) is 4.74 Å². The summed E-state index contributed by atoms with van der Waals surface area (Å²) in [6, 6.07) is 17.9. The normalized spacial score (nSPS) is 11.4. The fourth-order valence-electron chi connectivity index (χ4n) is 2.56. The highest BCUT2D eigenvalue weighted by Crippen LogP contribution is 2.24. The van der Waals surface area contributed by atoms with Crippen LogP contribution in [0.3, 0.4) is 0 Å². The minimum absolute atomic E-state index is 0.0346. The molecule has 0 unspecified atom stereocenters. The molecule has 1 atom stereocenters. The van der Waals surface area contributed by atoms with Crippen LogP contribution in [0.15, 0.2) is 60.8 Å². The van der Waals surface area contributed by atoms with Crippen LogP contribution in [0, 0.1) is 11.3 Å². The zero-order valence-corrected chi connectivity index (χ0v) is 14.2. The SMILES string of the molecule is COc1ccccc1[C@H](C#N)NC(=O)Cn1cc(-c2ccccc2)nn1. The number of benzene rings is 2. The van der Waals surface area contributed by atoms with Crippen molar-refractivity contribution in [3.63, 3.8) is 0 Å². The van der Waals surface area contributed by atoms with Crippen LogP contribution < -0.4 is 10.1 Å². The lowest BCUT2D eigenvalue weighted by Crippen LogP contribution is -2.31. The Hall–Kier alpha value is -3.66. The molecule has 1 amide bonds. The molecule has 1 heterocycles. The van der Waals surface area contributed by atoms with E-state index in [2.05, 4.69) is 21.7 Å². The number of nitrogens with one attached hydrogen (secondary N) is 1. The van der Waals surface area contributed by atoms with Gasteiger partial charge in [0.05, 0.1) is 19.4 Å². The maximum absolute atomic E-state index is 12.3. The molecule has 0 fully saturated rings. The Morgan fingerprint density at radius 2 is 1.96 bits per heavy atom. The molecule has 3 aromatic rings. The number of ether oxygens (including phenoxy) is 1. The highest BCUT2D eigenvalue weighted by Gasteiger charge is 2.18. The van der Waals surface area contributed by atoms with Crippen LogP contribution in [-0.2, 0) is 11.3 Å². The van der Waals surface area contributed by atoms with Crippen LogP contribution in [0.25, 0.3) is 11.3 Å². The number of amides is 1. The van der Waals surface area contributed by atoms with Gasteiger partial charge in [0.15, 0.2) is 0 Å². The monoisotopic (exact) mass is 347 g/mol. The maximum atomic E-state index is 12.3. The fourth-order valence-corrected chi connectivity index (χ4v) is 2.56. The molecule has 0 radical (unpaired) electrons. The highest BCUT2D eigenvalue weighted by atomic mass is 16.5. The van der Waals surface area contributed by atoms with E-state index < -0.39 is 6.04 Å². The standard InChI is InChI=1S/C19H17N5O2/c1-26-18-10-6-5-9-15(18)16(11-20)21-19(25)13-24-12-17(22-23-24)14-7-3-2-4-8-14/h2-10,12,16H,13H2,1H3,(H,21,25)/t16-/m0/s1. The summed E-state index contributed by atoms with van der Waals surface area (Å²) in [4.78, 5) is 12.3. The molecule has 0 aliphatic rings. The van der Waals surface area contributed by atoms with E-state index in [0.29, 0.717) is 17.0 Å². The Labute approximate surface area is 150 Å². The number of methoxy groups -OCH3 is 1. The number of nitriles is 1. The molecule has 0 saturated carbocycles. The van der Waals surface area contributed by atoms with Crippen molar-refractivity contribution in [3.05, 3.63) is 66.4 Å². The molecule has 7 heteroatoms. The third kappa shape index (κ3) is 3.87. The topological polar surface area (TPSA) is 92.8 Å². The Morgan fingerprint density at radius 3 is 2.69 bits per heavy atom. The summed E-state index contributed by atoms with van der Waals surface area (Å²) in [5.41, 5.74) is 2.21. The van der Waals surface area contributed by atoms with Crippen molar-refractivity contribution in [2.45, 2.75) is 12.6 Å². The summed E-state index contributed by atoms with van der Waals surface area (Å²) in [6.45, 7) is -0.0346. The molecular weight excluding hydrogens is 330 g/mol. The van der Waals surface area contributed by atoms with Gasteiger partial charge in [0.1, 0.15) is 24.0 Å². The molecule has 1 N–H and O–H groups in total. The third-order valence-electron chi connectivity index (χ3n) is 3.80. The number of carbonyl (C=O) groups is 1. The number of para-hydroxylation sites is 1. The first-order valence-electron chi connectivity index (χ1n) is 7.98. The lowest BCUT2D eigenvalue weighted by atomic mass is 10.1. The van der Waals surface area contributed by atoms with Crippen LogP contribution in [-0.4, -0.2) is 28.0 Å². The van der Waals surface area contributed by atoms with Crippen molar-refractivity contribution in [2.75, 3.05) is 7.11 Å². The maximum Gasteiger partial charge on any atom is 0.243 e. The quantitative estimate of drug-likeness (QED) is 0.739. The number of hydrogen-bond donors (Lipinski definition) is 1. The zero-order valence-electron chi connectivity index (χ0n) is 14.2. The minimum Gasteiger partial charge on any atom is -0.496 e. The molecule has 0 aliphatic heterocycles. The van der Waals surface area contributed by atoms with Crippen molar-refractivity contribution in [2.24, 2.45) is 0 Å². The Morgan fingerprint density at radius 1 is 1.23 bits per heavy atom. The van der Waals surface area contributed by atoms with Gasteiger partial charge in [0.2, 0.25) is 5.91 Å². The molecule has 0 saturated heterocycles. The first kappa shape index (κ1) is 17.2. The van der Waals surface area contributed by atoms with Crippen molar-refractivity contribution in [1.82, 2.24) is 20.3 Å². The molecule has 3 rings (SSSR count). The third-order valence-corrected chi connectivity index (χ3v) is 3.80. The van der Waals surface area contributed by atoms with Gasteiger partial charge in [-0.15, -0.1) is 5.10 Å². The second-order valence-corrected chi connectivity index (χ2v) is 5.54. The molecule has 2 aromatic carbocycles. The van der Waals surface area contributed by atoms with Crippen molar-refractivity contribution in [1.29, 1.82) is 5.26 Å². The van der Waals surface area contributed by atoms with Gasteiger partial charge in [-0.1, -0.05) is 53.7 Å². The van der Waals surface area contributed by atoms with Gasteiger partial charge in [-0.3, -0.25) is 4.79 Å². The van der Waals surface area contributed by atoms with Gasteiger partial charge in [-0.05, 0) is 6.07 Å². The first-order valence-corrected chi connectivity index (χ1v) is 7.98. The molecule has 0 spiro atoms. The van der Waals surface area contributed by atoms with Gasteiger partial charge in [-0.2, -0.15) is 5.26 Å². The van der Waals surface area contributed by atoms with E-state index in [-0.39, 0.29) is 12.5 Å². The first-order chi connectivity index (χ1) is 12.7. The predicted molar refractivity (Wildman–Crippen MR) is 94.9 cm³/mol. The van der Waals surface area contributed by atoms with Crippen LogP contribution >= 0.6 is 0 Å². The minimum atomic E-state index is -0.809. The van der Waals surface area contributed by atoms with Gasteiger partial charge < -0.3 is 10.1 Å². The van der Waals surface area contributed by atoms with E-state index in [1.807, 2.05) is 30.3 Å². The Bertz CT molecular complexity index is 930. The Kier molecular flexibility index (Phi) is 5.25. The molecule has 0 aliphatic carbocycles. The molecular formula is C19H17N5O2. The number of rotatable bonds is 6. The summed E-state index contributed by atoms with van der Waals surface area (Å²) in [5, 5.41) is 20.1. The summed E-state index contributed by atoms with van der Waals surface area (Å²) in [7, 11) is 1.52. The predicted octanol–water partition coefficient (Wildman–Crippen LogP) is 2.33. The van der Waals surface area contributed by atoms with E-state index in [0.717, 1.165) is 5.56 Å². The molecule has 130 valence electrons. The highest BCUT2D eigenvalue weighted by molar-refractivity contribution is 5.77. The number of carbonyl (C=O) groups excluding carboxylic acids is 1. The molecule has 0 bridgehead atoms. The molecule has 7 nitrogen and oxygen atoms in total. The molecule has 26 heavy (non-hydrogen) atoms. The average molecular weight is 347 g/mol. The van der Waals surface area contributed by atoms with Gasteiger partial charge in [-0.25, -0.2) is 4.68 Å². The largest absolute Gasteiger partial charge is 0.496 e. The van der Waals surface area contributed by atoms with Gasteiger partial charge >= 0.3 is 0 Å².